The number of carbonyl (C=O) groups excluding carboxylic acids is 3. The first-order valence-electron chi connectivity index (χ1n) is 13.2. The molecule has 1 unspecified atom stereocenters. The van der Waals surface area contributed by atoms with Gasteiger partial charge in [0.1, 0.15) is 6.04 Å². The average Bonchev–Trinajstić information content (AvgIpc) is 3.64. The fourth-order valence-corrected chi connectivity index (χ4v) is 5.60. The van der Waals surface area contributed by atoms with E-state index in [1.807, 2.05) is 4.90 Å². The molecule has 38 heavy (non-hydrogen) atoms. The molecule has 2 fully saturated rings. The van der Waals surface area contributed by atoms with Crippen LogP contribution in [0.15, 0.2) is 36.4 Å². The molecular formula is C28H31N3O7. The summed E-state index contributed by atoms with van der Waals surface area (Å²) in [6.45, 7) is 2.69. The Labute approximate surface area is 220 Å². The van der Waals surface area contributed by atoms with E-state index in [1.54, 1.807) is 41.3 Å². The minimum atomic E-state index is -0.659. The Morgan fingerprint density at radius 3 is 1.95 bits per heavy atom. The lowest BCUT2D eigenvalue weighted by Gasteiger charge is -2.38. The molecule has 0 spiro atoms. The number of amides is 3. The van der Waals surface area contributed by atoms with E-state index in [0.717, 1.165) is 19.3 Å². The summed E-state index contributed by atoms with van der Waals surface area (Å²) in [4.78, 5) is 43.8. The Balaban J connectivity index is 1.15. The van der Waals surface area contributed by atoms with Gasteiger partial charge in [-0.3, -0.25) is 14.4 Å². The van der Waals surface area contributed by atoms with E-state index in [-0.39, 0.29) is 37.2 Å². The van der Waals surface area contributed by atoms with Gasteiger partial charge in [-0.25, -0.2) is 0 Å². The summed E-state index contributed by atoms with van der Waals surface area (Å²) in [5.74, 6) is 1.81. The fourth-order valence-electron chi connectivity index (χ4n) is 5.60. The highest BCUT2D eigenvalue weighted by Gasteiger charge is 2.37. The summed E-state index contributed by atoms with van der Waals surface area (Å²) in [5, 5.41) is 3.03. The summed E-state index contributed by atoms with van der Waals surface area (Å²) in [5.41, 5.74) is 0.964. The average molecular weight is 522 g/mol. The van der Waals surface area contributed by atoms with Gasteiger partial charge in [0, 0.05) is 37.3 Å². The first-order chi connectivity index (χ1) is 18.6. The van der Waals surface area contributed by atoms with Gasteiger partial charge in [0.15, 0.2) is 23.0 Å². The van der Waals surface area contributed by atoms with Gasteiger partial charge >= 0.3 is 0 Å². The molecule has 0 aromatic heterocycles. The quantitative estimate of drug-likeness (QED) is 0.645. The van der Waals surface area contributed by atoms with Crippen LogP contribution in [0.4, 0.5) is 0 Å². The maximum absolute atomic E-state index is 13.7. The molecule has 0 bridgehead atoms. The molecule has 4 aliphatic heterocycles. The zero-order valence-corrected chi connectivity index (χ0v) is 21.1. The molecule has 6 rings (SSSR count). The first-order valence-corrected chi connectivity index (χ1v) is 13.2. The van der Waals surface area contributed by atoms with E-state index >= 15 is 0 Å². The lowest BCUT2D eigenvalue weighted by atomic mass is 9.87. The van der Waals surface area contributed by atoms with Crippen molar-refractivity contribution in [2.75, 3.05) is 39.8 Å². The van der Waals surface area contributed by atoms with Crippen LogP contribution in [0.3, 0.4) is 0 Å². The van der Waals surface area contributed by atoms with Gasteiger partial charge in [0.2, 0.25) is 19.5 Å². The molecule has 10 heteroatoms. The minimum absolute atomic E-state index is 0.0423. The highest BCUT2D eigenvalue weighted by atomic mass is 16.7. The molecule has 2 saturated heterocycles. The molecule has 3 amide bonds. The molecular weight excluding hydrogens is 490 g/mol. The number of piperidine rings is 2. The van der Waals surface area contributed by atoms with Crippen LogP contribution in [0.5, 0.6) is 23.0 Å². The second-order valence-electron chi connectivity index (χ2n) is 10.1. The van der Waals surface area contributed by atoms with Crippen molar-refractivity contribution in [3.8, 4) is 23.0 Å². The van der Waals surface area contributed by atoms with E-state index in [9.17, 15) is 14.4 Å². The number of hydrogen-bond acceptors (Lipinski definition) is 7. The van der Waals surface area contributed by atoms with Crippen LogP contribution in [-0.4, -0.2) is 73.3 Å². The van der Waals surface area contributed by atoms with Crippen molar-refractivity contribution in [3.05, 3.63) is 47.5 Å². The highest BCUT2D eigenvalue weighted by Crippen LogP contribution is 2.34. The Morgan fingerprint density at radius 1 is 0.711 bits per heavy atom. The maximum atomic E-state index is 13.7. The third-order valence-corrected chi connectivity index (χ3v) is 7.77. The maximum Gasteiger partial charge on any atom is 0.253 e. The number of hydrogen-bond donors (Lipinski definition) is 1. The molecule has 2 aromatic rings. The SMILES string of the molecule is O=C(NC(C(=O)N1CCCCC1)C1CCN(C(=O)c2ccc3c(c2)OCO3)CC1)c1ccc2c(c1)OCO2. The predicted molar refractivity (Wildman–Crippen MR) is 135 cm³/mol. The number of nitrogens with zero attached hydrogens (tertiary/aromatic N) is 2. The number of fused-ring (bicyclic) bond motifs is 2. The van der Waals surface area contributed by atoms with Crippen molar-refractivity contribution in [1.29, 1.82) is 0 Å². The summed E-state index contributed by atoms with van der Waals surface area (Å²) >= 11 is 0. The Morgan fingerprint density at radius 2 is 1.29 bits per heavy atom. The smallest absolute Gasteiger partial charge is 0.253 e. The molecule has 0 saturated carbocycles. The van der Waals surface area contributed by atoms with Crippen LogP contribution in [0, 0.1) is 5.92 Å². The third kappa shape index (κ3) is 4.82. The van der Waals surface area contributed by atoms with Crippen LogP contribution in [0.25, 0.3) is 0 Å². The van der Waals surface area contributed by atoms with E-state index in [4.69, 9.17) is 18.9 Å². The summed E-state index contributed by atoms with van der Waals surface area (Å²) in [6, 6.07) is 9.58. The van der Waals surface area contributed by atoms with Crippen LogP contribution in [0.2, 0.25) is 0 Å². The molecule has 4 heterocycles. The third-order valence-electron chi connectivity index (χ3n) is 7.77. The fraction of sp³-hybridized carbons (Fsp3) is 0.464. The molecule has 200 valence electrons. The van der Waals surface area contributed by atoms with Crippen molar-refractivity contribution < 1.29 is 33.3 Å². The zero-order valence-electron chi connectivity index (χ0n) is 21.1. The van der Waals surface area contributed by atoms with Crippen LogP contribution in [-0.2, 0) is 4.79 Å². The second kappa shape index (κ2) is 10.4. The minimum Gasteiger partial charge on any atom is -0.454 e. The van der Waals surface area contributed by atoms with Gasteiger partial charge in [-0.1, -0.05) is 0 Å². The van der Waals surface area contributed by atoms with E-state index < -0.39 is 6.04 Å². The number of rotatable bonds is 5. The van der Waals surface area contributed by atoms with E-state index in [1.165, 1.54) is 0 Å². The van der Waals surface area contributed by atoms with Crippen LogP contribution >= 0.6 is 0 Å². The summed E-state index contributed by atoms with van der Waals surface area (Å²) in [6.07, 6.45) is 4.27. The van der Waals surface area contributed by atoms with Gasteiger partial charge < -0.3 is 34.1 Å². The monoisotopic (exact) mass is 521 g/mol. The van der Waals surface area contributed by atoms with Gasteiger partial charge in [-0.05, 0) is 74.4 Å². The summed E-state index contributed by atoms with van der Waals surface area (Å²) in [7, 11) is 0. The van der Waals surface area contributed by atoms with Crippen LogP contribution < -0.4 is 24.3 Å². The van der Waals surface area contributed by atoms with E-state index in [0.29, 0.717) is 73.1 Å². The Hall–Kier alpha value is -3.95. The topological polar surface area (TPSA) is 107 Å². The van der Waals surface area contributed by atoms with Crippen molar-refractivity contribution in [3.63, 3.8) is 0 Å². The van der Waals surface area contributed by atoms with Crippen molar-refractivity contribution in [2.24, 2.45) is 5.92 Å². The first kappa shape index (κ1) is 24.4. The van der Waals surface area contributed by atoms with E-state index in [2.05, 4.69) is 5.32 Å². The van der Waals surface area contributed by atoms with Crippen molar-refractivity contribution in [1.82, 2.24) is 15.1 Å². The van der Waals surface area contributed by atoms with Crippen LogP contribution in [0.1, 0.15) is 52.8 Å². The lowest BCUT2D eigenvalue weighted by molar-refractivity contribution is -0.136. The Kier molecular flexibility index (Phi) is 6.70. The predicted octanol–water partition coefficient (Wildman–Crippen LogP) is 2.81. The molecule has 4 aliphatic rings. The number of carbonyl (C=O) groups is 3. The number of ether oxygens (including phenoxy) is 4. The largest absolute Gasteiger partial charge is 0.454 e. The van der Waals surface area contributed by atoms with Gasteiger partial charge in [-0.2, -0.15) is 0 Å². The highest BCUT2D eigenvalue weighted by molar-refractivity contribution is 5.98. The molecule has 10 nitrogen and oxygen atoms in total. The molecule has 0 aliphatic carbocycles. The van der Waals surface area contributed by atoms with Gasteiger partial charge in [0.25, 0.3) is 11.8 Å². The number of benzene rings is 2. The van der Waals surface area contributed by atoms with Crippen molar-refractivity contribution >= 4 is 17.7 Å². The molecule has 1 atom stereocenters. The number of likely N-dealkylation sites (tertiary alicyclic amines) is 2. The van der Waals surface area contributed by atoms with Gasteiger partial charge in [0.05, 0.1) is 0 Å². The Bertz CT molecular complexity index is 1230. The normalized spacial score (nSPS) is 19.3. The molecule has 1 N–H and O–H groups in total. The standard InChI is InChI=1S/C28H31N3O7/c32-26(19-4-6-21-23(14-19)37-16-35-21)29-25(28(34)30-10-2-1-3-11-30)18-8-12-31(13-9-18)27(33)20-5-7-22-24(15-20)38-17-36-22/h4-7,14-15,18,25H,1-3,8-13,16-17H2,(H,29,32). The van der Waals surface area contributed by atoms with Crippen molar-refractivity contribution in [2.45, 2.75) is 38.1 Å². The second-order valence-corrected chi connectivity index (χ2v) is 10.1. The summed E-state index contributed by atoms with van der Waals surface area (Å²) < 4.78 is 21.5. The zero-order chi connectivity index (χ0) is 26.1. The molecule has 0 radical (unpaired) electrons. The van der Waals surface area contributed by atoms with Gasteiger partial charge in [-0.15, -0.1) is 0 Å². The number of nitrogens with one attached hydrogen (secondary N) is 1. The lowest BCUT2D eigenvalue weighted by Crippen LogP contribution is -2.55. The molecule has 2 aromatic carbocycles.